The normalized spacial score (nSPS) is 11.9. The molecular formula is C12H20N2S. The summed E-state index contributed by atoms with van der Waals surface area (Å²) in [6.45, 7) is 11.3. The Morgan fingerprint density at radius 2 is 1.93 bits per heavy atom. The van der Waals surface area contributed by atoms with E-state index in [1.54, 1.807) is 11.8 Å². The lowest BCUT2D eigenvalue weighted by atomic mass is 10.1. The van der Waals surface area contributed by atoms with Crippen LogP contribution in [0.15, 0.2) is 11.1 Å². The van der Waals surface area contributed by atoms with Crippen molar-refractivity contribution in [1.29, 1.82) is 0 Å². The van der Waals surface area contributed by atoms with E-state index in [1.807, 2.05) is 6.92 Å². The summed E-state index contributed by atoms with van der Waals surface area (Å²) in [5.74, 6) is 0. The first-order valence-electron chi connectivity index (χ1n) is 5.19. The number of aromatic nitrogens is 1. The second-order valence-electron chi connectivity index (χ2n) is 4.78. The van der Waals surface area contributed by atoms with Gasteiger partial charge < -0.3 is 5.73 Å². The summed E-state index contributed by atoms with van der Waals surface area (Å²) in [6, 6.07) is 2.09. The summed E-state index contributed by atoms with van der Waals surface area (Å²) >= 11 is 1.79. The smallest absolute Gasteiger partial charge is 0.102 e. The van der Waals surface area contributed by atoms with Gasteiger partial charge in [0.2, 0.25) is 0 Å². The molecule has 0 unspecified atom stereocenters. The highest BCUT2D eigenvalue weighted by molar-refractivity contribution is 8.00. The molecule has 0 aromatic carbocycles. The van der Waals surface area contributed by atoms with Crippen molar-refractivity contribution in [3.8, 4) is 0 Å². The quantitative estimate of drug-likeness (QED) is 0.785. The number of aryl methyl sites for hydroxylation is 2. The Bertz CT molecular complexity index is 353. The third-order valence-corrected chi connectivity index (χ3v) is 3.19. The molecule has 84 valence electrons. The molecule has 0 spiro atoms. The van der Waals surface area contributed by atoms with Crippen LogP contribution in [0.3, 0.4) is 0 Å². The third kappa shape index (κ3) is 3.50. The van der Waals surface area contributed by atoms with E-state index in [-0.39, 0.29) is 4.75 Å². The van der Waals surface area contributed by atoms with Crippen LogP contribution < -0.4 is 5.73 Å². The lowest BCUT2D eigenvalue weighted by Gasteiger charge is -2.20. The van der Waals surface area contributed by atoms with Gasteiger partial charge in [0.25, 0.3) is 0 Å². The van der Waals surface area contributed by atoms with E-state index >= 15 is 0 Å². The fourth-order valence-corrected chi connectivity index (χ4v) is 2.59. The first-order valence-corrected chi connectivity index (χ1v) is 6.01. The van der Waals surface area contributed by atoms with Gasteiger partial charge in [-0.2, -0.15) is 0 Å². The van der Waals surface area contributed by atoms with Crippen molar-refractivity contribution in [2.75, 3.05) is 0 Å². The molecule has 0 fully saturated rings. The van der Waals surface area contributed by atoms with Crippen LogP contribution in [0, 0.1) is 13.8 Å². The monoisotopic (exact) mass is 224 g/mol. The van der Waals surface area contributed by atoms with Gasteiger partial charge in [-0.3, -0.25) is 0 Å². The number of nitrogens with two attached hydrogens (primary N) is 1. The van der Waals surface area contributed by atoms with Gasteiger partial charge in [0.1, 0.15) is 5.03 Å². The molecule has 1 aromatic rings. The number of thioether (sulfide) groups is 1. The molecule has 0 aliphatic heterocycles. The van der Waals surface area contributed by atoms with Crippen molar-refractivity contribution < 1.29 is 0 Å². The van der Waals surface area contributed by atoms with E-state index in [2.05, 4.69) is 38.7 Å². The second kappa shape index (κ2) is 4.54. The van der Waals surface area contributed by atoms with Gasteiger partial charge in [0.15, 0.2) is 0 Å². The zero-order chi connectivity index (χ0) is 11.6. The van der Waals surface area contributed by atoms with Crippen LogP contribution in [0.1, 0.15) is 37.6 Å². The highest BCUT2D eigenvalue weighted by atomic mass is 32.2. The van der Waals surface area contributed by atoms with Crippen molar-refractivity contribution in [3.05, 3.63) is 22.9 Å². The van der Waals surface area contributed by atoms with Gasteiger partial charge >= 0.3 is 0 Å². The lowest BCUT2D eigenvalue weighted by molar-refractivity contribution is 0.793. The number of pyridine rings is 1. The molecule has 0 bridgehead atoms. The van der Waals surface area contributed by atoms with Crippen LogP contribution >= 0.6 is 11.8 Å². The topological polar surface area (TPSA) is 38.9 Å². The van der Waals surface area contributed by atoms with Crippen LogP contribution in [0.5, 0.6) is 0 Å². The summed E-state index contributed by atoms with van der Waals surface area (Å²) in [5.41, 5.74) is 9.26. The second-order valence-corrected chi connectivity index (χ2v) is 6.60. The van der Waals surface area contributed by atoms with Crippen molar-refractivity contribution in [2.45, 2.75) is 50.9 Å². The molecule has 0 aliphatic rings. The molecule has 2 N–H and O–H groups in total. The molecule has 1 rings (SSSR count). The van der Waals surface area contributed by atoms with Crippen LogP contribution in [-0.2, 0) is 6.54 Å². The van der Waals surface area contributed by atoms with Crippen molar-refractivity contribution >= 4 is 11.8 Å². The molecule has 1 aromatic heterocycles. The fraction of sp³-hybridized carbons (Fsp3) is 0.583. The maximum absolute atomic E-state index is 5.77. The molecule has 0 atom stereocenters. The molecule has 3 heteroatoms. The van der Waals surface area contributed by atoms with Gasteiger partial charge in [-0.1, -0.05) is 20.8 Å². The van der Waals surface area contributed by atoms with Gasteiger partial charge in [-0.25, -0.2) is 4.98 Å². The summed E-state index contributed by atoms with van der Waals surface area (Å²) in [6.07, 6.45) is 0. The molecule has 0 saturated heterocycles. The van der Waals surface area contributed by atoms with Crippen molar-refractivity contribution in [1.82, 2.24) is 4.98 Å². The highest BCUT2D eigenvalue weighted by Gasteiger charge is 2.17. The van der Waals surface area contributed by atoms with Crippen LogP contribution in [0.2, 0.25) is 0 Å². The zero-order valence-corrected chi connectivity index (χ0v) is 11.0. The minimum Gasteiger partial charge on any atom is -0.326 e. The molecule has 15 heavy (non-hydrogen) atoms. The first-order chi connectivity index (χ1) is 6.83. The number of hydrogen-bond donors (Lipinski definition) is 1. The molecule has 0 amide bonds. The Morgan fingerprint density at radius 1 is 1.33 bits per heavy atom. The largest absolute Gasteiger partial charge is 0.326 e. The SMILES string of the molecule is Cc1cc(C)c(CN)c(SC(C)(C)C)n1. The summed E-state index contributed by atoms with van der Waals surface area (Å²) in [5, 5.41) is 1.09. The average Bonchev–Trinajstić information content (AvgIpc) is 1.99. The number of nitrogens with zero attached hydrogens (tertiary/aromatic N) is 1. The van der Waals surface area contributed by atoms with E-state index in [4.69, 9.17) is 5.73 Å². The minimum absolute atomic E-state index is 0.178. The zero-order valence-electron chi connectivity index (χ0n) is 10.2. The van der Waals surface area contributed by atoms with Crippen LogP contribution in [0.25, 0.3) is 0 Å². The van der Waals surface area contributed by atoms with E-state index in [9.17, 15) is 0 Å². The van der Waals surface area contributed by atoms with Gasteiger partial charge in [-0.15, -0.1) is 11.8 Å². The van der Waals surface area contributed by atoms with Crippen LogP contribution in [-0.4, -0.2) is 9.73 Å². The van der Waals surface area contributed by atoms with Crippen molar-refractivity contribution in [2.24, 2.45) is 5.73 Å². The van der Waals surface area contributed by atoms with E-state index in [0.717, 1.165) is 10.7 Å². The molecule has 0 aliphatic carbocycles. The van der Waals surface area contributed by atoms with Gasteiger partial charge in [0, 0.05) is 22.5 Å². The Hall–Kier alpha value is -0.540. The van der Waals surface area contributed by atoms with Gasteiger partial charge in [0.05, 0.1) is 0 Å². The van der Waals surface area contributed by atoms with E-state index in [0.29, 0.717) is 6.54 Å². The maximum atomic E-state index is 5.77. The predicted molar refractivity (Wildman–Crippen MR) is 67.2 cm³/mol. The molecule has 0 radical (unpaired) electrons. The summed E-state index contributed by atoms with van der Waals surface area (Å²) in [7, 11) is 0. The number of hydrogen-bond acceptors (Lipinski definition) is 3. The molecule has 2 nitrogen and oxygen atoms in total. The Morgan fingerprint density at radius 3 is 2.40 bits per heavy atom. The minimum atomic E-state index is 0.178. The third-order valence-electron chi connectivity index (χ3n) is 2.04. The predicted octanol–water partition coefficient (Wildman–Crippen LogP) is 3.05. The Labute approximate surface area is 96.7 Å². The molecular weight excluding hydrogens is 204 g/mol. The average molecular weight is 224 g/mol. The Kier molecular flexibility index (Phi) is 3.79. The molecule has 0 saturated carbocycles. The highest BCUT2D eigenvalue weighted by Crippen LogP contribution is 2.33. The van der Waals surface area contributed by atoms with Crippen molar-refractivity contribution in [3.63, 3.8) is 0 Å². The summed E-state index contributed by atoms with van der Waals surface area (Å²) < 4.78 is 0.178. The first kappa shape index (κ1) is 12.5. The summed E-state index contributed by atoms with van der Waals surface area (Å²) in [4.78, 5) is 4.57. The van der Waals surface area contributed by atoms with E-state index in [1.165, 1.54) is 11.1 Å². The number of rotatable bonds is 2. The fourth-order valence-electron chi connectivity index (χ4n) is 1.45. The van der Waals surface area contributed by atoms with Crippen LogP contribution in [0.4, 0.5) is 0 Å². The maximum Gasteiger partial charge on any atom is 0.102 e. The lowest BCUT2D eigenvalue weighted by Crippen LogP contribution is -2.11. The standard InChI is InChI=1S/C12H20N2S/c1-8-6-9(2)14-11(10(8)7-13)15-12(3,4)5/h6H,7,13H2,1-5H3. The van der Waals surface area contributed by atoms with Gasteiger partial charge in [-0.05, 0) is 25.5 Å². The molecule has 1 heterocycles. The Balaban J connectivity index is 3.15. The van der Waals surface area contributed by atoms with E-state index < -0.39 is 0 Å².